The molecule has 0 radical (unpaired) electrons. The van der Waals surface area contributed by atoms with Crippen LogP contribution < -0.4 is 10.2 Å². The lowest BCUT2D eigenvalue weighted by Crippen LogP contribution is -2.27. The first kappa shape index (κ1) is 14.2. The molecule has 1 atom stereocenters. The monoisotopic (exact) mass is 282 g/mol. The Hall–Kier alpha value is -1.26. The van der Waals surface area contributed by atoms with E-state index in [0.29, 0.717) is 22.2 Å². The molecule has 1 aliphatic rings. The number of nitrogens with zero attached hydrogens (tertiary/aromatic N) is 1. The molecular weight excluding hydrogens is 264 g/mol. The highest BCUT2D eigenvalue weighted by atomic mass is 35.5. The van der Waals surface area contributed by atoms with Gasteiger partial charge in [0, 0.05) is 24.3 Å². The van der Waals surface area contributed by atoms with E-state index in [1.807, 2.05) is 6.07 Å². The highest BCUT2D eigenvalue weighted by Crippen LogP contribution is 2.38. The van der Waals surface area contributed by atoms with E-state index in [1.165, 1.54) is 0 Å². The van der Waals surface area contributed by atoms with Gasteiger partial charge in [-0.3, -0.25) is 4.79 Å². The summed E-state index contributed by atoms with van der Waals surface area (Å²) in [6, 6.07) is 3.52. The second-order valence-corrected chi connectivity index (χ2v) is 5.62. The molecule has 104 valence electrons. The third kappa shape index (κ3) is 2.69. The molecule has 1 aromatic rings. The molecule has 0 saturated carbocycles. The summed E-state index contributed by atoms with van der Waals surface area (Å²) in [5.74, 6) is 0.125. The van der Waals surface area contributed by atoms with E-state index in [9.17, 15) is 9.90 Å². The van der Waals surface area contributed by atoms with Crippen LogP contribution in [-0.2, 0) is 4.79 Å². The van der Waals surface area contributed by atoms with Gasteiger partial charge in [0.05, 0.1) is 10.7 Å². The Balaban J connectivity index is 2.38. The van der Waals surface area contributed by atoms with Crippen LogP contribution in [0.3, 0.4) is 0 Å². The Morgan fingerprint density at radius 2 is 2.16 bits per heavy atom. The lowest BCUT2D eigenvalue weighted by atomic mass is 10.1. The fourth-order valence-corrected chi connectivity index (χ4v) is 2.63. The van der Waals surface area contributed by atoms with Crippen molar-refractivity contribution in [3.8, 4) is 0 Å². The minimum absolute atomic E-state index is 0.393. The molecule has 0 aromatic heterocycles. The molecule has 19 heavy (non-hydrogen) atoms. The van der Waals surface area contributed by atoms with Crippen molar-refractivity contribution in [3.05, 3.63) is 22.7 Å². The maximum Gasteiger partial charge on any atom is 0.257 e. The smallest absolute Gasteiger partial charge is 0.257 e. The highest BCUT2D eigenvalue weighted by molar-refractivity contribution is 6.33. The molecule has 0 saturated heterocycles. The Bertz CT molecular complexity index is 502. The third-order valence-electron chi connectivity index (χ3n) is 3.23. The SMILES string of the molecule is CCN(CC(C)C)c1cc2c(cc1Cl)C(O)C(=O)N2. The molecule has 2 N–H and O–H groups in total. The van der Waals surface area contributed by atoms with Crippen LogP contribution in [0.4, 0.5) is 11.4 Å². The minimum atomic E-state index is -1.11. The second-order valence-electron chi connectivity index (χ2n) is 5.22. The number of hydrogen-bond acceptors (Lipinski definition) is 3. The number of aliphatic hydroxyl groups is 1. The van der Waals surface area contributed by atoms with Gasteiger partial charge < -0.3 is 15.3 Å². The lowest BCUT2D eigenvalue weighted by molar-refractivity contribution is -0.123. The molecule has 1 aromatic carbocycles. The molecule has 1 unspecified atom stereocenters. The first-order chi connectivity index (χ1) is 8.93. The van der Waals surface area contributed by atoms with Crippen LogP contribution in [0, 0.1) is 5.92 Å². The van der Waals surface area contributed by atoms with Crippen LogP contribution in [0.25, 0.3) is 0 Å². The lowest BCUT2D eigenvalue weighted by Gasteiger charge is -2.26. The van der Waals surface area contributed by atoms with Crippen LogP contribution in [0.15, 0.2) is 12.1 Å². The van der Waals surface area contributed by atoms with Gasteiger partial charge in [-0.1, -0.05) is 25.4 Å². The van der Waals surface area contributed by atoms with Gasteiger partial charge in [-0.25, -0.2) is 0 Å². The maximum atomic E-state index is 11.5. The Kier molecular flexibility index (Phi) is 4.02. The topological polar surface area (TPSA) is 52.6 Å². The average molecular weight is 283 g/mol. The number of carbonyl (C=O) groups is 1. The average Bonchev–Trinajstić information content (AvgIpc) is 2.62. The molecule has 4 nitrogen and oxygen atoms in total. The van der Waals surface area contributed by atoms with E-state index in [4.69, 9.17) is 11.6 Å². The molecule has 0 spiro atoms. The van der Waals surface area contributed by atoms with Crippen LogP contribution in [0.2, 0.25) is 5.02 Å². The van der Waals surface area contributed by atoms with Gasteiger partial charge in [-0.2, -0.15) is 0 Å². The number of hydrogen-bond donors (Lipinski definition) is 2. The summed E-state index contributed by atoms with van der Waals surface area (Å²) in [6.07, 6.45) is -1.11. The van der Waals surface area contributed by atoms with Crippen LogP contribution in [-0.4, -0.2) is 24.1 Å². The standard InChI is InChI=1S/C14H19ClN2O2/c1-4-17(7-8(2)3)12-6-11-9(5-10(12)15)13(18)14(19)16-11/h5-6,8,13,18H,4,7H2,1-3H3,(H,16,19). The third-order valence-corrected chi connectivity index (χ3v) is 3.53. The molecule has 1 amide bonds. The summed E-state index contributed by atoms with van der Waals surface area (Å²) < 4.78 is 0. The van der Waals surface area contributed by atoms with Gasteiger partial charge in [-0.05, 0) is 25.0 Å². The van der Waals surface area contributed by atoms with Crippen molar-refractivity contribution in [1.29, 1.82) is 0 Å². The second kappa shape index (κ2) is 5.39. The quantitative estimate of drug-likeness (QED) is 0.893. The number of rotatable bonds is 4. The van der Waals surface area contributed by atoms with E-state index in [2.05, 4.69) is 31.0 Å². The summed E-state index contributed by atoms with van der Waals surface area (Å²) in [7, 11) is 0. The summed E-state index contributed by atoms with van der Waals surface area (Å²) in [5, 5.41) is 13.0. The minimum Gasteiger partial charge on any atom is -0.378 e. The number of benzene rings is 1. The first-order valence-electron chi connectivity index (χ1n) is 6.51. The summed E-state index contributed by atoms with van der Waals surface area (Å²) >= 11 is 6.29. The molecule has 0 fully saturated rings. The molecule has 2 rings (SSSR count). The summed E-state index contributed by atoms with van der Waals surface area (Å²) in [6.45, 7) is 8.10. The number of carbonyl (C=O) groups excluding carboxylic acids is 1. The fourth-order valence-electron chi connectivity index (χ4n) is 2.33. The fraction of sp³-hybridized carbons (Fsp3) is 0.500. The number of fused-ring (bicyclic) bond motifs is 1. The van der Waals surface area contributed by atoms with Gasteiger partial charge in [-0.15, -0.1) is 0 Å². The van der Waals surface area contributed by atoms with Crippen molar-refractivity contribution in [2.45, 2.75) is 26.9 Å². The van der Waals surface area contributed by atoms with Gasteiger partial charge in [0.25, 0.3) is 5.91 Å². The normalized spacial score (nSPS) is 17.6. The summed E-state index contributed by atoms with van der Waals surface area (Å²) in [4.78, 5) is 13.6. The highest BCUT2D eigenvalue weighted by Gasteiger charge is 2.30. The molecule has 0 aliphatic carbocycles. The predicted octanol–water partition coefficient (Wildman–Crippen LogP) is 2.81. The molecule has 1 heterocycles. The number of nitrogens with one attached hydrogen (secondary N) is 1. The van der Waals surface area contributed by atoms with Crippen molar-refractivity contribution in [2.75, 3.05) is 23.3 Å². The molecular formula is C14H19ClN2O2. The van der Waals surface area contributed by atoms with E-state index in [-0.39, 0.29) is 0 Å². The summed E-state index contributed by atoms with van der Waals surface area (Å²) in [5.41, 5.74) is 2.10. The zero-order chi connectivity index (χ0) is 14.2. The maximum absolute atomic E-state index is 11.5. The van der Waals surface area contributed by atoms with Gasteiger partial charge in [0.2, 0.25) is 0 Å². The van der Waals surface area contributed by atoms with Gasteiger partial charge in [0.15, 0.2) is 6.10 Å². The van der Waals surface area contributed by atoms with Gasteiger partial charge >= 0.3 is 0 Å². The molecule has 0 bridgehead atoms. The van der Waals surface area contributed by atoms with E-state index in [1.54, 1.807) is 6.07 Å². The van der Waals surface area contributed by atoms with Crippen LogP contribution in [0.5, 0.6) is 0 Å². The van der Waals surface area contributed by atoms with Crippen LogP contribution in [0.1, 0.15) is 32.4 Å². The Morgan fingerprint density at radius 1 is 1.47 bits per heavy atom. The van der Waals surface area contributed by atoms with E-state index in [0.717, 1.165) is 18.8 Å². The zero-order valence-electron chi connectivity index (χ0n) is 11.4. The van der Waals surface area contributed by atoms with Crippen LogP contribution >= 0.6 is 11.6 Å². The number of halogens is 1. The number of amides is 1. The van der Waals surface area contributed by atoms with Crippen molar-refractivity contribution in [2.24, 2.45) is 5.92 Å². The zero-order valence-corrected chi connectivity index (χ0v) is 12.2. The first-order valence-corrected chi connectivity index (χ1v) is 6.89. The van der Waals surface area contributed by atoms with Crippen molar-refractivity contribution in [1.82, 2.24) is 0 Å². The van der Waals surface area contributed by atoms with Crippen molar-refractivity contribution < 1.29 is 9.90 Å². The van der Waals surface area contributed by atoms with Crippen molar-refractivity contribution >= 4 is 28.9 Å². The number of aliphatic hydroxyl groups excluding tert-OH is 1. The predicted molar refractivity (Wildman–Crippen MR) is 77.8 cm³/mol. The largest absolute Gasteiger partial charge is 0.378 e. The van der Waals surface area contributed by atoms with E-state index < -0.39 is 12.0 Å². The van der Waals surface area contributed by atoms with Gasteiger partial charge in [0.1, 0.15) is 0 Å². The Labute approximate surface area is 118 Å². The van der Waals surface area contributed by atoms with Crippen molar-refractivity contribution in [3.63, 3.8) is 0 Å². The molecule has 5 heteroatoms. The number of anilines is 2. The molecule has 1 aliphatic heterocycles. The van der Waals surface area contributed by atoms with E-state index >= 15 is 0 Å². The Morgan fingerprint density at radius 3 is 2.74 bits per heavy atom.